The number of amides is 1. The molecule has 13 heavy (non-hydrogen) atoms. The van der Waals surface area contributed by atoms with E-state index < -0.39 is 0 Å². The number of hydrogen-bond acceptors (Lipinski definition) is 2. The molecular weight excluding hydrogens is 164 g/mol. The molecule has 0 aromatic heterocycles. The minimum Gasteiger partial charge on any atom is -0.273 e. The standard InChI is InChI=1S/C10H18N2O/c1-7(2)10(13)12-11-8(3)9-5-4-6-9/h7,9H,4-6H2,1-3H3,(H,12,13)/b11-8+. The van der Waals surface area contributed by atoms with Gasteiger partial charge >= 0.3 is 0 Å². The highest BCUT2D eigenvalue weighted by atomic mass is 16.2. The van der Waals surface area contributed by atoms with E-state index in [9.17, 15) is 4.79 Å². The van der Waals surface area contributed by atoms with Crippen LogP contribution in [0, 0.1) is 11.8 Å². The third kappa shape index (κ3) is 2.83. The second kappa shape index (κ2) is 4.40. The van der Waals surface area contributed by atoms with E-state index >= 15 is 0 Å². The van der Waals surface area contributed by atoms with Gasteiger partial charge in [0, 0.05) is 11.6 Å². The lowest BCUT2D eigenvalue weighted by molar-refractivity contribution is -0.123. The molecule has 0 spiro atoms. The summed E-state index contributed by atoms with van der Waals surface area (Å²) in [5.74, 6) is 0.629. The molecule has 1 N–H and O–H groups in total. The number of carbonyl (C=O) groups excluding carboxylic acids is 1. The van der Waals surface area contributed by atoms with Crippen LogP contribution in [-0.2, 0) is 4.79 Å². The smallest absolute Gasteiger partial charge is 0.242 e. The fourth-order valence-corrected chi connectivity index (χ4v) is 1.19. The maximum atomic E-state index is 11.2. The highest BCUT2D eigenvalue weighted by Crippen LogP contribution is 2.27. The molecule has 0 heterocycles. The normalized spacial score (nSPS) is 18.6. The minimum absolute atomic E-state index is 0.00123. The summed E-state index contributed by atoms with van der Waals surface area (Å²) in [5, 5.41) is 4.08. The molecule has 0 unspecified atom stereocenters. The number of nitrogens with one attached hydrogen (secondary N) is 1. The first-order valence-electron chi connectivity index (χ1n) is 4.95. The molecule has 1 amide bonds. The molecule has 1 aliphatic rings. The zero-order chi connectivity index (χ0) is 9.84. The van der Waals surface area contributed by atoms with E-state index in [2.05, 4.69) is 10.5 Å². The van der Waals surface area contributed by atoms with Gasteiger partial charge in [0.15, 0.2) is 0 Å². The van der Waals surface area contributed by atoms with Crippen LogP contribution in [0.25, 0.3) is 0 Å². The SMILES string of the molecule is C/C(=N\NC(=O)C(C)C)C1CCC1. The van der Waals surface area contributed by atoms with E-state index in [1.807, 2.05) is 20.8 Å². The van der Waals surface area contributed by atoms with Crippen LogP contribution in [0.15, 0.2) is 5.10 Å². The van der Waals surface area contributed by atoms with Gasteiger partial charge in [0.1, 0.15) is 0 Å². The van der Waals surface area contributed by atoms with E-state index in [0.717, 1.165) is 5.71 Å². The van der Waals surface area contributed by atoms with Gasteiger partial charge in [-0.1, -0.05) is 20.3 Å². The van der Waals surface area contributed by atoms with Crippen LogP contribution in [0.5, 0.6) is 0 Å². The molecule has 74 valence electrons. The van der Waals surface area contributed by atoms with E-state index in [0.29, 0.717) is 5.92 Å². The summed E-state index contributed by atoms with van der Waals surface area (Å²) >= 11 is 0. The van der Waals surface area contributed by atoms with Crippen molar-refractivity contribution in [1.29, 1.82) is 0 Å². The zero-order valence-electron chi connectivity index (χ0n) is 8.63. The van der Waals surface area contributed by atoms with Crippen molar-refractivity contribution in [3.63, 3.8) is 0 Å². The van der Waals surface area contributed by atoms with Gasteiger partial charge in [0.25, 0.3) is 0 Å². The fourth-order valence-electron chi connectivity index (χ4n) is 1.19. The molecular formula is C10H18N2O. The Morgan fingerprint density at radius 3 is 2.46 bits per heavy atom. The lowest BCUT2D eigenvalue weighted by atomic mass is 9.82. The molecule has 0 bridgehead atoms. The molecule has 3 nitrogen and oxygen atoms in total. The van der Waals surface area contributed by atoms with Gasteiger partial charge in [-0.05, 0) is 25.7 Å². The summed E-state index contributed by atoms with van der Waals surface area (Å²) in [7, 11) is 0. The highest BCUT2D eigenvalue weighted by Gasteiger charge is 2.20. The van der Waals surface area contributed by atoms with Crippen LogP contribution in [0.3, 0.4) is 0 Å². The van der Waals surface area contributed by atoms with Crippen molar-refractivity contribution in [3.05, 3.63) is 0 Å². The van der Waals surface area contributed by atoms with Gasteiger partial charge in [0.05, 0.1) is 0 Å². The molecule has 0 radical (unpaired) electrons. The predicted octanol–water partition coefficient (Wildman–Crippen LogP) is 1.93. The zero-order valence-corrected chi connectivity index (χ0v) is 8.63. The minimum atomic E-state index is -0.00123. The Hall–Kier alpha value is -0.860. The Bertz CT molecular complexity index is 217. The van der Waals surface area contributed by atoms with Gasteiger partial charge < -0.3 is 0 Å². The number of hydrazone groups is 1. The van der Waals surface area contributed by atoms with Crippen LogP contribution < -0.4 is 5.43 Å². The second-order valence-corrected chi connectivity index (χ2v) is 4.01. The Morgan fingerprint density at radius 2 is 2.08 bits per heavy atom. The van der Waals surface area contributed by atoms with Crippen LogP contribution in [-0.4, -0.2) is 11.6 Å². The summed E-state index contributed by atoms with van der Waals surface area (Å²) in [6.45, 7) is 5.72. The van der Waals surface area contributed by atoms with Gasteiger partial charge in [-0.25, -0.2) is 5.43 Å². The van der Waals surface area contributed by atoms with Crippen molar-refractivity contribution in [3.8, 4) is 0 Å². The van der Waals surface area contributed by atoms with Crippen molar-refractivity contribution in [2.24, 2.45) is 16.9 Å². The summed E-state index contributed by atoms with van der Waals surface area (Å²) in [6.07, 6.45) is 3.76. The molecule has 0 atom stereocenters. The first-order valence-corrected chi connectivity index (χ1v) is 4.95. The molecule has 0 aliphatic heterocycles. The first kappa shape index (κ1) is 10.2. The third-order valence-electron chi connectivity index (χ3n) is 2.56. The molecule has 1 saturated carbocycles. The van der Waals surface area contributed by atoms with Gasteiger partial charge in [-0.2, -0.15) is 5.10 Å². The highest BCUT2D eigenvalue weighted by molar-refractivity contribution is 5.87. The summed E-state index contributed by atoms with van der Waals surface area (Å²) in [5.41, 5.74) is 3.65. The largest absolute Gasteiger partial charge is 0.273 e. The summed E-state index contributed by atoms with van der Waals surface area (Å²) < 4.78 is 0. The molecule has 1 fully saturated rings. The molecule has 1 aliphatic carbocycles. The quantitative estimate of drug-likeness (QED) is 0.526. The maximum absolute atomic E-state index is 11.2. The van der Waals surface area contributed by atoms with Crippen molar-refractivity contribution >= 4 is 11.6 Å². The van der Waals surface area contributed by atoms with Crippen molar-refractivity contribution in [2.75, 3.05) is 0 Å². The first-order chi connectivity index (χ1) is 6.11. The Morgan fingerprint density at radius 1 is 1.46 bits per heavy atom. The molecule has 0 saturated heterocycles. The second-order valence-electron chi connectivity index (χ2n) is 4.01. The van der Waals surface area contributed by atoms with Crippen LogP contribution in [0.1, 0.15) is 40.0 Å². The molecule has 3 heteroatoms. The average Bonchev–Trinajstić information content (AvgIpc) is 1.96. The topological polar surface area (TPSA) is 41.5 Å². The number of hydrogen-bond donors (Lipinski definition) is 1. The Labute approximate surface area is 79.6 Å². The van der Waals surface area contributed by atoms with Crippen molar-refractivity contribution in [1.82, 2.24) is 5.43 Å². The average molecular weight is 182 g/mol. The lowest BCUT2D eigenvalue weighted by Crippen LogP contribution is -2.27. The van der Waals surface area contributed by atoms with E-state index in [1.54, 1.807) is 0 Å². The van der Waals surface area contributed by atoms with Crippen LogP contribution >= 0.6 is 0 Å². The monoisotopic (exact) mass is 182 g/mol. The van der Waals surface area contributed by atoms with Crippen LogP contribution in [0.2, 0.25) is 0 Å². The van der Waals surface area contributed by atoms with E-state index in [4.69, 9.17) is 0 Å². The Balaban J connectivity index is 2.33. The third-order valence-corrected chi connectivity index (χ3v) is 2.56. The number of nitrogens with zero attached hydrogens (tertiary/aromatic N) is 1. The fraction of sp³-hybridized carbons (Fsp3) is 0.800. The van der Waals surface area contributed by atoms with Crippen LogP contribution in [0.4, 0.5) is 0 Å². The summed E-state index contributed by atoms with van der Waals surface area (Å²) in [4.78, 5) is 11.2. The number of carbonyl (C=O) groups is 1. The van der Waals surface area contributed by atoms with Gasteiger partial charge in [-0.15, -0.1) is 0 Å². The predicted molar refractivity (Wildman–Crippen MR) is 53.4 cm³/mol. The maximum Gasteiger partial charge on any atom is 0.242 e. The van der Waals surface area contributed by atoms with Crippen molar-refractivity contribution < 1.29 is 4.79 Å². The molecule has 0 aromatic rings. The van der Waals surface area contributed by atoms with E-state index in [1.165, 1.54) is 19.3 Å². The molecule has 1 rings (SSSR count). The van der Waals surface area contributed by atoms with Crippen molar-refractivity contribution in [2.45, 2.75) is 40.0 Å². The van der Waals surface area contributed by atoms with Gasteiger partial charge in [-0.3, -0.25) is 4.79 Å². The molecule has 0 aromatic carbocycles. The summed E-state index contributed by atoms with van der Waals surface area (Å²) in [6, 6.07) is 0. The lowest BCUT2D eigenvalue weighted by Gasteiger charge is -2.24. The Kier molecular flexibility index (Phi) is 3.46. The van der Waals surface area contributed by atoms with Gasteiger partial charge in [0.2, 0.25) is 5.91 Å². The van der Waals surface area contributed by atoms with E-state index in [-0.39, 0.29) is 11.8 Å². The number of rotatable bonds is 3.